The molecule has 0 unspecified atom stereocenters. The van der Waals surface area contributed by atoms with Gasteiger partial charge in [-0.3, -0.25) is 9.97 Å². The van der Waals surface area contributed by atoms with Crippen LogP contribution in [0.25, 0.3) is 20.4 Å². The normalized spacial score (nSPS) is 20.7. The molecular formula is C45H53Cl2N9O6S2. The Labute approximate surface area is 391 Å². The highest BCUT2D eigenvalue weighted by molar-refractivity contribution is 7.22. The first-order valence-electron chi connectivity index (χ1n) is 21.6. The van der Waals surface area contributed by atoms with Crippen LogP contribution in [0.5, 0.6) is 11.8 Å². The van der Waals surface area contributed by atoms with E-state index in [0.29, 0.717) is 37.0 Å². The van der Waals surface area contributed by atoms with Gasteiger partial charge in [-0.2, -0.15) is 0 Å². The van der Waals surface area contributed by atoms with Crippen molar-refractivity contribution in [2.75, 3.05) is 37.9 Å². The number of para-hydroxylation sites is 2. The number of thiazole rings is 2. The number of nitrogens with zero attached hydrogens (tertiary/aromatic N) is 7. The fourth-order valence-electron chi connectivity index (χ4n) is 8.35. The molecule has 1 aliphatic heterocycles. The Bertz CT molecular complexity index is 2370. The molecule has 0 atom stereocenters. The third-order valence-corrected chi connectivity index (χ3v) is 13.9. The zero-order chi connectivity index (χ0) is 43.5. The largest absolute Gasteiger partial charge is 0.473 e. The summed E-state index contributed by atoms with van der Waals surface area (Å²) in [7, 11) is 2.63. The third-order valence-electron chi connectivity index (χ3n) is 11.8. The van der Waals surface area contributed by atoms with Crippen molar-refractivity contribution in [2.24, 2.45) is 0 Å². The van der Waals surface area contributed by atoms with E-state index in [-0.39, 0.29) is 36.6 Å². The quantitative estimate of drug-likeness (QED) is 0.124. The minimum atomic E-state index is -0.773. The van der Waals surface area contributed by atoms with Gasteiger partial charge in [0.15, 0.2) is 10.3 Å². The molecule has 64 heavy (non-hydrogen) atoms. The fourth-order valence-corrected chi connectivity index (χ4v) is 10.2. The first-order chi connectivity index (χ1) is 30.8. The van der Waals surface area contributed by atoms with Gasteiger partial charge < -0.3 is 34.5 Å². The number of carbonyl (C=O) groups is 2. The molecular weight excluding hydrogens is 898 g/mol. The smallest absolute Gasteiger partial charge is 0.409 e. The van der Waals surface area contributed by atoms with Crippen LogP contribution in [0.2, 0.25) is 0 Å². The molecule has 0 radical (unpaired) electrons. The monoisotopic (exact) mass is 949 g/mol. The van der Waals surface area contributed by atoms with Crippen LogP contribution in [0.3, 0.4) is 0 Å². The van der Waals surface area contributed by atoms with E-state index in [1.54, 1.807) is 52.4 Å². The highest BCUT2D eigenvalue weighted by Gasteiger charge is 2.35. The zero-order valence-corrected chi connectivity index (χ0v) is 39.0. The van der Waals surface area contributed by atoms with Gasteiger partial charge in [0.2, 0.25) is 11.8 Å². The molecule has 15 nitrogen and oxygen atoms in total. The first-order valence-corrected chi connectivity index (χ1v) is 23.6. The van der Waals surface area contributed by atoms with Gasteiger partial charge in [-0.1, -0.05) is 66.2 Å². The van der Waals surface area contributed by atoms with Gasteiger partial charge in [0, 0.05) is 99.1 Å². The summed E-state index contributed by atoms with van der Waals surface area (Å²) >= 11 is 8.00. The van der Waals surface area contributed by atoms with Crippen molar-refractivity contribution in [3.8, 4) is 11.8 Å². The second kappa shape index (κ2) is 22.7. The average molecular weight is 951 g/mol. The lowest BCUT2D eigenvalue weighted by Gasteiger charge is -2.36. The summed E-state index contributed by atoms with van der Waals surface area (Å²) in [6.07, 6.45) is 18.8. The van der Waals surface area contributed by atoms with Gasteiger partial charge in [-0.25, -0.2) is 29.5 Å². The molecule has 2 N–H and O–H groups in total. The van der Waals surface area contributed by atoms with Crippen molar-refractivity contribution in [3.63, 3.8) is 0 Å². The number of methoxy groups -OCH3 is 2. The highest BCUT2D eigenvalue weighted by atomic mass is 35.5. The Hall–Kier alpha value is -5.10. The first kappa shape index (κ1) is 46.9. The van der Waals surface area contributed by atoms with E-state index < -0.39 is 5.43 Å². The van der Waals surface area contributed by atoms with Gasteiger partial charge in [-0.15, -0.1) is 12.4 Å². The molecule has 0 spiro atoms. The molecule has 340 valence electrons. The molecule has 4 aromatic heterocycles. The number of ether oxygens (including phenoxy) is 4. The van der Waals surface area contributed by atoms with Crippen LogP contribution in [-0.2, 0) is 9.47 Å². The molecule has 5 heterocycles. The number of hydrogen-bond donors (Lipinski definition) is 2. The number of nitrogens with one attached hydrogen (secondary N) is 2. The molecule has 6 aromatic rings. The molecule has 1 amide bonds. The summed E-state index contributed by atoms with van der Waals surface area (Å²) in [5, 5.41) is 9.04. The second-order valence-electron chi connectivity index (χ2n) is 16.1. The summed E-state index contributed by atoms with van der Waals surface area (Å²) in [5.74, 6) is 2.14. The van der Waals surface area contributed by atoms with Crippen LogP contribution in [0.4, 0.5) is 19.9 Å². The van der Waals surface area contributed by atoms with Crippen molar-refractivity contribution in [1.82, 2.24) is 34.8 Å². The predicted molar refractivity (Wildman–Crippen MR) is 253 cm³/mol. The van der Waals surface area contributed by atoms with Crippen LogP contribution in [-0.4, -0.2) is 97.9 Å². The lowest BCUT2D eigenvalue weighted by molar-refractivity contribution is 0.0972. The maximum absolute atomic E-state index is 11.7. The maximum atomic E-state index is 11.7. The second-order valence-corrected chi connectivity index (χ2v) is 18.4. The van der Waals surface area contributed by atoms with Crippen LogP contribution < -0.4 is 20.1 Å². The van der Waals surface area contributed by atoms with Crippen LogP contribution in [0.1, 0.15) is 93.9 Å². The Kier molecular flexibility index (Phi) is 16.6. The Morgan fingerprint density at radius 1 is 0.641 bits per heavy atom. The van der Waals surface area contributed by atoms with Crippen LogP contribution in [0.15, 0.2) is 73.3 Å². The van der Waals surface area contributed by atoms with Gasteiger partial charge in [0.05, 0.1) is 34.7 Å². The number of benzene rings is 2. The SMILES string of the molecule is COC(=O)Cl.COC(=O)N1CCC(c2nccnc2OC2CC(Nc3nc4ccccc4s3)C2)CC1.Cl.c1ccc2sc(NC3CC(Oc4nccnc4C4CCCCC4)C3)nc2c1. The summed E-state index contributed by atoms with van der Waals surface area (Å²) in [4.78, 5) is 50.3. The van der Waals surface area contributed by atoms with E-state index >= 15 is 0 Å². The molecule has 4 aliphatic rings. The summed E-state index contributed by atoms with van der Waals surface area (Å²) in [6.45, 7) is 1.32. The molecule has 2 aromatic carbocycles. The molecule has 3 aliphatic carbocycles. The number of aromatic nitrogens is 6. The number of fused-ring (bicyclic) bond motifs is 2. The summed E-state index contributed by atoms with van der Waals surface area (Å²) in [5.41, 5.74) is 3.29. The fraction of sp³-hybridized carbons (Fsp3) is 0.467. The number of carbonyl (C=O) groups excluding carboxylic acids is 2. The van der Waals surface area contributed by atoms with E-state index in [1.807, 2.05) is 24.3 Å². The molecule has 1 saturated heterocycles. The van der Waals surface area contributed by atoms with Crippen molar-refractivity contribution in [2.45, 2.75) is 107 Å². The molecule has 4 fully saturated rings. The number of likely N-dealkylation sites (tertiary alicyclic amines) is 1. The Morgan fingerprint density at radius 2 is 1.08 bits per heavy atom. The van der Waals surface area contributed by atoms with E-state index in [9.17, 15) is 9.59 Å². The van der Waals surface area contributed by atoms with E-state index in [4.69, 9.17) is 14.2 Å². The van der Waals surface area contributed by atoms with Crippen molar-refractivity contribution in [3.05, 3.63) is 84.7 Å². The zero-order valence-electron chi connectivity index (χ0n) is 35.8. The molecule has 0 bridgehead atoms. The predicted octanol–water partition coefficient (Wildman–Crippen LogP) is 10.6. The number of piperidine rings is 1. The van der Waals surface area contributed by atoms with Gasteiger partial charge in [0.25, 0.3) is 0 Å². The number of anilines is 2. The van der Waals surface area contributed by atoms with Crippen molar-refractivity contribution in [1.29, 1.82) is 0 Å². The van der Waals surface area contributed by atoms with Crippen LogP contribution in [0, 0.1) is 0 Å². The summed E-state index contributed by atoms with van der Waals surface area (Å²) < 4.78 is 23.6. The topological polar surface area (TPSA) is 176 Å². The number of halogens is 2. The summed E-state index contributed by atoms with van der Waals surface area (Å²) in [6, 6.07) is 17.2. The average Bonchev–Trinajstić information content (AvgIpc) is 3.92. The van der Waals surface area contributed by atoms with Gasteiger partial charge >= 0.3 is 11.5 Å². The number of rotatable bonds is 10. The molecule has 10 rings (SSSR count). The van der Waals surface area contributed by atoms with E-state index in [1.165, 1.54) is 55.7 Å². The van der Waals surface area contributed by atoms with Gasteiger partial charge in [0.1, 0.15) is 23.6 Å². The van der Waals surface area contributed by atoms with Crippen molar-refractivity contribution < 1.29 is 28.5 Å². The lowest BCUT2D eigenvalue weighted by Crippen LogP contribution is -2.43. The van der Waals surface area contributed by atoms with Crippen molar-refractivity contribution >= 4 is 88.9 Å². The lowest BCUT2D eigenvalue weighted by atomic mass is 9.86. The van der Waals surface area contributed by atoms with Crippen LogP contribution >= 0.6 is 46.7 Å². The Morgan fingerprint density at radius 3 is 1.52 bits per heavy atom. The molecule has 19 heteroatoms. The third kappa shape index (κ3) is 12.2. The number of hydrogen-bond acceptors (Lipinski definition) is 16. The molecule has 3 saturated carbocycles. The number of amides is 1. The van der Waals surface area contributed by atoms with E-state index in [2.05, 4.69) is 81.1 Å². The standard InChI is InChI=1S/C22H25N5O3S.C21H24N4OS.C2H3ClO2.ClH/c1-29-22(28)27-10-6-14(7-11-27)19-20(24-9-8-23-19)30-16-12-15(13-16)25-21-26-17-4-2-3-5-18(17)31-21;1-2-6-14(7-3-1)19-20(23-11-10-22-19)26-16-12-15(13-16)24-21-25-17-8-4-5-9-18(17)27-21;1-5-2(3)4;/h2-5,8-9,14-16H,6-7,10-13H2,1H3,(H,25,26);4-5,8-11,14-16H,1-3,6-7,12-13H2,(H,24,25);1H3;1H. The Balaban J connectivity index is 0.000000172. The highest BCUT2D eigenvalue weighted by Crippen LogP contribution is 2.39. The maximum Gasteiger partial charge on any atom is 0.409 e. The van der Waals surface area contributed by atoms with Gasteiger partial charge in [-0.05, 0) is 49.9 Å². The minimum Gasteiger partial charge on any atom is -0.473 e. The van der Waals surface area contributed by atoms with E-state index in [0.717, 1.165) is 77.1 Å². The minimum absolute atomic E-state index is 0.